The maximum Gasteiger partial charge on any atom is 0.355 e. The van der Waals surface area contributed by atoms with E-state index in [0.717, 1.165) is 0 Å². The summed E-state index contributed by atoms with van der Waals surface area (Å²) in [6, 6.07) is 10.6. The largest absolute Gasteiger partial charge is 0.422 e. The molecule has 3 nitrogen and oxygen atoms in total. The van der Waals surface area contributed by atoms with Gasteiger partial charge in [0.05, 0.1) is 5.02 Å². The van der Waals surface area contributed by atoms with Gasteiger partial charge in [-0.15, -0.1) is 11.8 Å². The second kappa shape index (κ2) is 5.30. The van der Waals surface area contributed by atoms with E-state index < -0.39 is 5.63 Å². The highest BCUT2D eigenvalue weighted by Gasteiger charge is 2.13. The molecule has 5 heteroatoms. The molecular formula is C13H8ClNO2S. The normalized spacial score (nSPS) is 10.1. The van der Waals surface area contributed by atoms with Gasteiger partial charge in [-0.25, -0.2) is 4.79 Å². The fourth-order valence-electron chi connectivity index (χ4n) is 1.53. The van der Waals surface area contributed by atoms with Crippen molar-refractivity contribution in [3.05, 3.63) is 51.3 Å². The van der Waals surface area contributed by atoms with Crippen molar-refractivity contribution in [2.24, 2.45) is 0 Å². The van der Waals surface area contributed by atoms with Crippen molar-refractivity contribution in [2.75, 3.05) is 6.26 Å². The topological polar surface area (TPSA) is 54.0 Å². The van der Waals surface area contributed by atoms with Crippen molar-refractivity contribution in [1.82, 2.24) is 0 Å². The molecule has 0 aliphatic rings. The summed E-state index contributed by atoms with van der Waals surface area (Å²) in [5.74, 6) is 0.369. The molecule has 0 aliphatic carbocycles. The van der Waals surface area contributed by atoms with Crippen LogP contribution in [0.1, 0.15) is 5.56 Å². The monoisotopic (exact) mass is 277 g/mol. The first-order chi connectivity index (χ1) is 8.67. The average Bonchev–Trinajstić information content (AvgIpc) is 2.38. The molecule has 0 amide bonds. The van der Waals surface area contributed by atoms with Gasteiger partial charge in [-0.2, -0.15) is 5.26 Å². The van der Waals surface area contributed by atoms with Gasteiger partial charge in [0.1, 0.15) is 11.8 Å². The molecule has 1 aromatic heterocycles. The second-order valence-electron chi connectivity index (χ2n) is 3.43. The number of thioether (sulfide) groups is 1. The van der Waals surface area contributed by atoms with E-state index in [1.54, 1.807) is 36.6 Å². The smallest absolute Gasteiger partial charge is 0.355 e. The van der Waals surface area contributed by atoms with Gasteiger partial charge < -0.3 is 4.42 Å². The van der Waals surface area contributed by atoms with Crippen molar-refractivity contribution >= 4 is 23.4 Å². The summed E-state index contributed by atoms with van der Waals surface area (Å²) >= 11 is 7.37. The van der Waals surface area contributed by atoms with E-state index in [1.807, 2.05) is 6.07 Å². The summed E-state index contributed by atoms with van der Waals surface area (Å²) in [4.78, 5) is 12.3. The van der Waals surface area contributed by atoms with Crippen LogP contribution in [0.25, 0.3) is 11.3 Å². The third-order valence-electron chi connectivity index (χ3n) is 2.39. The third kappa shape index (κ3) is 2.28. The summed E-state index contributed by atoms with van der Waals surface area (Å²) in [5.41, 5.74) is 0.0219. The van der Waals surface area contributed by atoms with Crippen LogP contribution in [0.15, 0.2) is 44.4 Å². The molecule has 18 heavy (non-hydrogen) atoms. The van der Waals surface area contributed by atoms with Gasteiger partial charge in [0, 0.05) is 10.5 Å². The number of halogens is 1. The lowest BCUT2D eigenvalue weighted by molar-refractivity contribution is 0.518. The Morgan fingerprint density at radius 1 is 1.39 bits per heavy atom. The Morgan fingerprint density at radius 2 is 2.11 bits per heavy atom. The molecule has 0 N–H and O–H groups in total. The van der Waals surface area contributed by atoms with Crippen LogP contribution in [0.5, 0.6) is 0 Å². The van der Waals surface area contributed by atoms with Crippen molar-refractivity contribution < 1.29 is 4.42 Å². The molecular weight excluding hydrogens is 270 g/mol. The molecule has 2 aromatic rings. The van der Waals surface area contributed by atoms with Crippen LogP contribution in [-0.2, 0) is 0 Å². The molecule has 0 saturated heterocycles. The van der Waals surface area contributed by atoms with E-state index in [4.69, 9.17) is 21.3 Å². The van der Waals surface area contributed by atoms with Crippen LogP contribution in [0.4, 0.5) is 0 Å². The van der Waals surface area contributed by atoms with E-state index in [0.29, 0.717) is 21.2 Å². The molecule has 0 atom stereocenters. The van der Waals surface area contributed by atoms with Crippen LogP contribution in [0.2, 0.25) is 5.02 Å². The van der Waals surface area contributed by atoms with Crippen LogP contribution in [-0.4, -0.2) is 6.26 Å². The van der Waals surface area contributed by atoms with Crippen LogP contribution < -0.4 is 5.63 Å². The SMILES string of the molecule is CSc1cc(-c2ccccc2Cl)oc(=O)c1C#N. The minimum Gasteiger partial charge on any atom is -0.422 e. The first-order valence-corrected chi connectivity index (χ1v) is 6.64. The summed E-state index contributed by atoms with van der Waals surface area (Å²) in [7, 11) is 0. The fourth-order valence-corrected chi connectivity index (χ4v) is 2.31. The maximum atomic E-state index is 11.7. The molecule has 0 fully saturated rings. The lowest BCUT2D eigenvalue weighted by Gasteiger charge is -2.05. The van der Waals surface area contributed by atoms with Crippen molar-refractivity contribution in [3.8, 4) is 17.4 Å². The number of benzene rings is 1. The first-order valence-electron chi connectivity index (χ1n) is 5.04. The zero-order valence-corrected chi connectivity index (χ0v) is 11.0. The second-order valence-corrected chi connectivity index (χ2v) is 4.69. The van der Waals surface area contributed by atoms with E-state index in [-0.39, 0.29) is 5.56 Å². The molecule has 0 unspecified atom stereocenters. The Bertz CT molecular complexity index is 688. The Labute approximate surface area is 113 Å². The van der Waals surface area contributed by atoms with Crippen molar-refractivity contribution in [3.63, 3.8) is 0 Å². The quantitative estimate of drug-likeness (QED) is 0.788. The third-order valence-corrected chi connectivity index (χ3v) is 3.48. The Morgan fingerprint density at radius 3 is 2.72 bits per heavy atom. The minimum atomic E-state index is -0.640. The zero-order chi connectivity index (χ0) is 13.1. The van der Waals surface area contributed by atoms with Gasteiger partial charge in [0.2, 0.25) is 0 Å². The number of nitrogens with zero attached hydrogens (tertiary/aromatic N) is 1. The predicted molar refractivity (Wildman–Crippen MR) is 71.9 cm³/mol. The molecule has 1 heterocycles. The molecule has 1 aromatic carbocycles. The number of rotatable bonds is 2. The van der Waals surface area contributed by atoms with Gasteiger partial charge in [0.15, 0.2) is 5.56 Å². The predicted octanol–water partition coefficient (Wildman–Crippen LogP) is 3.55. The molecule has 90 valence electrons. The molecule has 2 rings (SSSR count). The van der Waals surface area contributed by atoms with Gasteiger partial charge >= 0.3 is 5.63 Å². The summed E-state index contributed by atoms with van der Waals surface area (Å²) in [5, 5.41) is 9.39. The first kappa shape index (κ1) is 12.7. The fraction of sp³-hybridized carbons (Fsp3) is 0.0769. The van der Waals surface area contributed by atoms with Gasteiger partial charge in [0.25, 0.3) is 0 Å². The standard InChI is InChI=1S/C13H8ClNO2S/c1-18-12-6-11(17-13(16)9(12)7-15)8-4-2-3-5-10(8)14/h2-6H,1H3. The minimum absolute atomic E-state index is 0.0262. The van der Waals surface area contributed by atoms with Crippen LogP contribution in [0, 0.1) is 11.3 Å². The van der Waals surface area contributed by atoms with E-state index in [1.165, 1.54) is 11.8 Å². The highest BCUT2D eigenvalue weighted by Crippen LogP contribution is 2.30. The van der Waals surface area contributed by atoms with Crippen molar-refractivity contribution in [1.29, 1.82) is 5.26 Å². The number of hydrogen-bond acceptors (Lipinski definition) is 4. The molecule has 0 bridgehead atoms. The van der Waals surface area contributed by atoms with E-state index in [2.05, 4.69) is 0 Å². The van der Waals surface area contributed by atoms with Gasteiger partial charge in [-0.1, -0.05) is 23.7 Å². The molecule has 0 aliphatic heterocycles. The van der Waals surface area contributed by atoms with E-state index >= 15 is 0 Å². The summed E-state index contributed by atoms with van der Waals surface area (Å²) < 4.78 is 5.13. The van der Waals surface area contributed by atoms with Crippen LogP contribution >= 0.6 is 23.4 Å². The average molecular weight is 278 g/mol. The Hall–Kier alpha value is -1.70. The lowest BCUT2D eigenvalue weighted by atomic mass is 10.1. The Balaban J connectivity index is 2.69. The van der Waals surface area contributed by atoms with Gasteiger partial charge in [-0.05, 0) is 24.5 Å². The highest BCUT2D eigenvalue weighted by molar-refractivity contribution is 7.98. The summed E-state index contributed by atoms with van der Waals surface area (Å²) in [6.07, 6.45) is 1.80. The lowest BCUT2D eigenvalue weighted by Crippen LogP contribution is -2.06. The Kier molecular flexibility index (Phi) is 3.75. The van der Waals surface area contributed by atoms with Gasteiger partial charge in [-0.3, -0.25) is 0 Å². The van der Waals surface area contributed by atoms with Crippen molar-refractivity contribution in [2.45, 2.75) is 4.90 Å². The number of hydrogen-bond donors (Lipinski definition) is 0. The molecule has 0 saturated carbocycles. The van der Waals surface area contributed by atoms with E-state index in [9.17, 15) is 4.79 Å². The molecule has 0 spiro atoms. The maximum absolute atomic E-state index is 11.7. The zero-order valence-electron chi connectivity index (χ0n) is 9.44. The number of nitriles is 1. The molecule has 0 radical (unpaired) electrons. The summed E-state index contributed by atoms with van der Waals surface area (Å²) in [6.45, 7) is 0. The van der Waals surface area contributed by atoms with Crippen LogP contribution in [0.3, 0.4) is 0 Å². The highest BCUT2D eigenvalue weighted by atomic mass is 35.5.